The van der Waals surface area contributed by atoms with Crippen molar-refractivity contribution in [3.8, 4) is 0 Å². The van der Waals surface area contributed by atoms with Crippen LogP contribution in [0.25, 0.3) is 0 Å². The lowest BCUT2D eigenvalue weighted by atomic mass is 9.65. The van der Waals surface area contributed by atoms with Crippen LogP contribution in [0.3, 0.4) is 0 Å². The van der Waals surface area contributed by atoms with Crippen LogP contribution in [0, 0.1) is 11.3 Å². The third-order valence-electron chi connectivity index (χ3n) is 4.18. The van der Waals surface area contributed by atoms with Crippen LogP contribution < -0.4 is 0 Å². The van der Waals surface area contributed by atoms with E-state index in [9.17, 15) is 5.11 Å². The van der Waals surface area contributed by atoms with Gasteiger partial charge in [-0.2, -0.15) is 0 Å². The molecule has 17 heavy (non-hydrogen) atoms. The summed E-state index contributed by atoms with van der Waals surface area (Å²) in [6, 6.07) is 7.60. The fourth-order valence-electron chi connectivity index (χ4n) is 3.00. The van der Waals surface area contributed by atoms with Gasteiger partial charge in [-0.25, -0.2) is 0 Å². The van der Waals surface area contributed by atoms with Crippen molar-refractivity contribution < 1.29 is 5.11 Å². The Kier molecular flexibility index (Phi) is 3.79. The molecule has 1 aromatic carbocycles. The molecule has 0 radical (unpaired) electrons. The molecule has 0 spiro atoms. The van der Waals surface area contributed by atoms with Gasteiger partial charge in [0.15, 0.2) is 0 Å². The summed E-state index contributed by atoms with van der Waals surface area (Å²) in [4.78, 5) is 0. The van der Waals surface area contributed by atoms with E-state index in [4.69, 9.17) is 11.6 Å². The van der Waals surface area contributed by atoms with E-state index in [0.29, 0.717) is 5.92 Å². The first-order chi connectivity index (χ1) is 8.00. The lowest BCUT2D eigenvalue weighted by Crippen LogP contribution is -2.32. The molecule has 2 heteroatoms. The highest BCUT2D eigenvalue weighted by atomic mass is 35.5. The number of aliphatic hydroxyl groups excluding tert-OH is 1. The first kappa shape index (κ1) is 12.9. The van der Waals surface area contributed by atoms with Crippen molar-refractivity contribution in [3.05, 3.63) is 34.9 Å². The number of benzene rings is 1. The SMILES string of the molecule is CC1(C)CCCCC1C(O)c1ccc(Cl)cc1. The number of rotatable bonds is 2. The second-order valence-corrected chi connectivity index (χ2v) is 6.27. The Hall–Kier alpha value is -0.530. The molecule has 0 bridgehead atoms. The monoisotopic (exact) mass is 252 g/mol. The molecule has 1 aliphatic rings. The van der Waals surface area contributed by atoms with E-state index in [1.165, 1.54) is 19.3 Å². The highest BCUT2D eigenvalue weighted by Gasteiger charge is 2.37. The van der Waals surface area contributed by atoms with Crippen LogP contribution in [0.4, 0.5) is 0 Å². The largest absolute Gasteiger partial charge is 0.388 e. The highest BCUT2D eigenvalue weighted by molar-refractivity contribution is 6.30. The Morgan fingerprint density at radius 3 is 2.47 bits per heavy atom. The maximum atomic E-state index is 10.5. The molecular weight excluding hydrogens is 232 g/mol. The minimum Gasteiger partial charge on any atom is -0.388 e. The van der Waals surface area contributed by atoms with E-state index in [1.807, 2.05) is 24.3 Å². The Bertz CT molecular complexity index is 369. The summed E-state index contributed by atoms with van der Waals surface area (Å²) in [5.41, 5.74) is 1.23. The summed E-state index contributed by atoms with van der Waals surface area (Å²) in [6.45, 7) is 4.55. The molecule has 1 N–H and O–H groups in total. The van der Waals surface area contributed by atoms with Gasteiger partial charge in [-0.1, -0.05) is 50.4 Å². The average molecular weight is 253 g/mol. The van der Waals surface area contributed by atoms with Gasteiger partial charge in [-0.3, -0.25) is 0 Å². The maximum Gasteiger partial charge on any atom is 0.0823 e. The van der Waals surface area contributed by atoms with Crippen molar-refractivity contribution in [1.29, 1.82) is 0 Å². The molecule has 2 atom stereocenters. The standard InChI is InChI=1S/C15H21ClO/c1-15(2)10-4-3-5-13(15)14(17)11-6-8-12(16)9-7-11/h6-9,13-14,17H,3-5,10H2,1-2H3. The molecule has 94 valence electrons. The zero-order valence-corrected chi connectivity index (χ0v) is 11.4. The molecule has 0 aromatic heterocycles. The summed E-state index contributed by atoms with van der Waals surface area (Å²) in [5, 5.41) is 11.3. The van der Waals surface area contributed by atoms with Crippen LogP contribution in [-0.2, 0) is 0 Å². The third-order valence-corrected chi connectivity index (χ3v) is 4.43. The maximum absolute atomic E-state index is 10.5. The fourth-order valence-corrected chi connectivity index (χ4v) is 3.12. The lowest BCUT2D eigenvalue weighted by molar-refractivity contribution is 0.00386. The van der Waals surface area contributed by atoms with Gasteiger partial charge in [-0.15, -0.1) is 0 Å². The Morgan fingerprint density at radius 1 is 1.24 bits per heavy atom. The zero-order chi connectivity index (χ0) is 12.5. The number of aliphatic hydroxyl groups is 1. The van der Waals surface area contributed by atoms with Crippen molar-refractivity contribution in [1.82, 2.24) is 0 Å². The van der Waals surface area contributed by atoms with Crippen molar-refractivity contribution >= 4 is 11.6 Å². The van der Waals surface area contributed by atoms with Crippen molar-refractivity contribution in [3.63, 3.8) is 0 Å². The molecule has 2 rings (SSSR count). The smallest absolute Gasteiger partial charge is 0.0823 e. The lowest BCUT2D eigenvalue weighted by Gasteiger charge is -2.41. The summed E-state index contributed by atoms with van der Waals surface area (Å²) in [6.07, 6.45) is 4.50. The van der Waals surface area contributed by atoms with E-state index < -0.39 is 0 Å². The predicted molar refractivity (Wildman–Crippen MR) is 72.2 cm³/mol. The van der Waals surface area contributed by atoms with Gasteiger partial charge in [0.25, 0.3) is 0 Å². The molecule has 1 nitrogen and oxygen atoms in total. The van der Waals surface area contributed by atoms with E-state index in [2.05, 4.69) is 13.8 Å². The Labute approximate surface area is 109 Å². The molecule has 1 aromatic rings. The summed E-state index contributed by atoms with van der Waals surface area (Å²) in [7, 11) is 0. The van der Waals surface area contributed by atoms with Crippen LogP contribution in [0.2, 0.25) is 5.02 Å². The van der Waals surface area contributed by atoms with Crippen LogP contribution in [0.1, 0.15) is 51.2 Å². The molecule has 1 saturated carbocycles. The summed E-state index contributed by atoms with van der Waals surface area (Å²) in [5.74, 6) is 0.359. The topological polar surface area (TPSA) is 20.2 Å². The molecule has 2 unspecified atom stereocenters. The van der Waals surface area contributed by atoms with E-state index in [1.54, 1.807) is 0 Å². The Morgan fingerprint density at radius 2 is 1.88 bits per heavy atom. The van der Waals surface area contributed by atoms with Crippen molar-refractivity contribution in [2.45, 2.75) is 45.6 Å². The number of hydrogen-bond acceptors (Lipinski definition) is 1. The van der Waals surface area contributed by atoms with Gasteiger partial charge < -0.3 is 5.11 Å². The van der Waals surface area contributed by atoms with E-state index in [0.717, 1.165) is 17.0 Å². The van der Waals surface area contributed by atoms with Crippen LogP contribution >= 0.6 is 11.6 Å². The van der Waals surface area contributed by atoms with Gasteiger partial charge in [0.2, 0.25) is 0 Å². The predicted octanol–water partition coefficient (Wildman–Crippen LogP) is 4.59. The molecule has 1 fully saturated rings. The zero-order valence-electron chi connectivity index (χ0n) is 10.6. The van der Waals surface area contributed by atoms with E-state index in [-0.39, 0.29) is 11.5 Å². The van der Waals surface area contributed by atoms with Gasteiger partial charge in [0.05, 0.1) is 6.10 Å². The third kappa shape index (κ3) is 2.83. The van der Waals surface area contributed by atoms with Crippen LogP contribution in [0.5, 0.6) is 0 Å². The molecular formula is C15H21ClO. The van der Waals surface area contributed by atoms with Crippen molar-refractivity contribution in [2.75, 3.05) is 0 Å². The molecule has 0 heterocycles. The highest BCUT2D eigenvalue weighted by Crippen LogP contribution is 2.46. The van der Waals surface area contributed by atoms with Gasteiger partial charge >= 0.3 is 0 Å². The first-order valence-electron chi connectivity index (χ1n) is 6.44. The molecule has 0 saturated heterocycles. The number of hydrogen-bond donors (Lipinski definition) is 1. The van der Waals surface area contributed by atoms with Gasteiger partial charge in [-0.05, 0) is 41.9 Å². The summed E-state index contributed by atoms with van der Waals surface area (Å²) < 4.78 is 0. The van der Waals surface area contributed by atoms with Crippen LogP contribution in [-0.4, -0.2) is 5.11 Å². The normalized spacial score (nSPS) is 25.5. The number of halogens is 1. The molecule has 0 aliphatic heterocycles. The van der Waals surface area contributed by atoms with Crippen molar-refractivity contribution in [2.24, 2.45) is 11.3 Å². The Balaban J connectivity index is 2.18. The second kappa shape index (κ2) is 4.99. The van der Waals surface area contributed by atoms with E-state index >= 15 is 0 Å². The minimum absolute atomic E-state index is 0.233. The fraction of sp³-hybridized carbons (Fsp3) is 0.600. The van der Waals surface area contributed by atoms with Crippen LogP contribution in [0.15, 0.2) is 24.3 Å². The average Bonchev–Trinajstić information content (AvgIpc) is 2.28. The second-order valence-electron chi connectivity index (χ2n) is 5.84. The van der Waals surface area contributed by atoms with Gasteiger partial charge in [0.1, 0.15) is 0 Å². The van der Waals surface area contributed by atoms with Gasteiger partial charge in [0, 0.05) is 5.02 Å². The quantitative estimate of drug-likeness (QED) is 0.816. The molecule has 1 aliphatic carbocycles. The first-order valence-corrected chi connectivity index (χ1v) is 6.82. The molecule has 0 amide bonds. The summed E-state index contributed by atoms with van der Waals surface area (Å²) >= 11 is 5.88. The minimum atomic E-state index is -0.359.